The van der Waals surface area contributed by atoms with Gasteiger partial charge in [-0.1, -0.05) is 0 Å². The third-order valence-corrected chi connectivity index (χ3v) is 2.94. The number of nitrogens with zero attached hydrogens (tertiary/aromatic N) is 4. The Kier molecular flexibility index (Phi) is 3.80. The molecule has 0 bridgehead atoms. The fourth-order valence-electron chi connectivity index (χ4n) is 1.87. The molecule has 2 aromatic heterocycles. The van der Waals surface area contributed by atoms with Gasteiger partial charge < -0.3 is 10.5 Å². The lowest BCUT2D eigenvalue weighted by atomic mass is 10.2. The van der Waals surface area contributed by atoms with Crippen LogP contribution in [-0.4, -0.2) is 26.1 Å². The largest absolute Gasteiger partial charge is 0.573 e. The molecule has 1 aromatic carbocycles. The van der Waals surface area contributed by atoms with Crippen LogP contribution in [0.2, 0.25) is 0 Å². The molecule has 124 valence electrons. The number of halogens is 4. The molecule has 0 amide bonds. The van der Waals surface area contributed by atoms with E-state index in [4.69, 9.17) is 5.73 Å². The standard InChI is InChI=1S/C14H9F4N5O/c15-10-5-8(1-3-11(10)19)13-21-7-23(22-13)12-4-2-9(6-20-12)24-14(16,17)18/h1-7H,19H2. The smallest absolute Gasteiger partial charge is 0.404 e. The van der Waals surface area contributed by atoms with Crippen molar-refractivity contribution in [2.45, 2.75) is 6.36 Å². The quantitative estimate of drug-likeness (QED) is 0.586. The van der Waals surface area contributed by atoms with Crippen molar-refractivity contribution >= 4 is 5.69 Å². The first-order valence-electron chi connectivity index (χ1n) is 6.51. The first-order chi connectivity index (χ1) is 11.3. The van der Waals surface area contributed by atoms with Crippen molar-refractivity contribution in [1.82, 2.24) is 19.7 Å². The fourth-order valence-corrected chi connectivity index (χ4v) is 1.87. The van der Waals surface area contributed by atoms with Crippen LogP contribution in [0.1, 0.15) is 0 Å². The van der Waals surface area contributed by atoms with Gasteiger partial charge in [-0.05, 0) is 30.3 Å². The summed E-state index contributed by atoms with van der Waals surface area (Å²) in [5.41, 5.74) is 5.80. The molecule has 0 atom stereocenters. The molecule has 0 spiro atoms. The lowest BCUT2D eigenvalue weighted by Crippen LogP contribution is -2.17. The molecule has 0 aliphatic rings. The van der Waals surface area contributed by atoms with Crippen molar-refractivity contribution in [1.29, 1.82) is 0 Å². The highest BCUT2D eigenvalue weighted by Gasteiger charge is 2.31. The van der Waals surface area contributed by atoms with Gasteiger partial charge in [0, 0.05) is 5.56 Å². The average molecular weight is 339 g/mol. The van der Waals surface area contributed by atoms with E-state index in [0.717, 1.165) is 12.3 Å². The Balaban J connectivity index is 1.84. The highest BCUT2D eigenvalue weighted by atomic mass is 19.4. The van der Waals surface area contributed by atoms with Crippen LogP contribution >= 0.6 is 0 Å². The van der Waals surface area contributed by atoms with Gasteiger partial charge in [-0.25, -0.2) is 19.0 Å². The summed E-state index contributed by atoms with van der Waals surface area (Å²) in [4.78, 5) is 7.82. The van der Waals surface area contributed by atoms with Gasteiger partial charge in [-0.2, -0.15) is 0 Å². The minimum absolute atomic E-state index is 0.0000951. The summed E-state index contributed by atoms with van der Waals surface area (Å²) in [7, 11) is 0. The van der Waals surface area contributed by atoms with E-state index in [1.165, 1.54) is 29.2 Å². The molecular weight excluding hydrogens is 330 g/mol. The second kappa shape index (κ2) is 5.80. The van der Waals surface area contributed by atoms with Crippen molar-refractivity contribution in [2.24, 2.45) is 0 Å². The lowest BCUT2D eigenvalue weighted by molar-refractivity contribution is -0.274. The minimum Gasteiger partial charge on any atom is -0.404 e. The lowest BCUT2D eigenvalue weighted by Gasteiger charge is -2.08. The number of alkyl halides is 3. The molecule has 3 rings (SSSR count). The van der Waals surface area contributed by atoms with Gasteiger partial charge in [0.2, 0.25) is 0 Å². The predicted octanol–water partition coefficient (Wildman–Crippen LogP) is 2.95. The molecule has 2 N–H and O–H groups in total. The van der Waals surface area contributed by atoms with E-state index in [2.05, 4.69) is 19.8 Å². The van der Waals surface area contributed by atoms with Crippen LogP contribution in [0, 0.1) is 5.82 Å². The van der Waals surface area contributed by atoms with E-state index >= 15 is 0 Å². The fraction of sp³-hybridized carbons (Fsp3) is 0.0714. The zero-order valence-electron chi connectivity index (χ0n) is 11.8. The van der Waals surface area contributed by atoms with E-state index in [1.54, 1.807) is 6.07 Å². The van der Waals surface area contributed by atoms with Crippen LogP contribution in [0.15, 0.2) is 42.9 Å². The zero-order chi connectivity index (χ0) is 17.3. The second-order valence-corrected chi connectivity index (χ2v) is 4.65. The number of nitrogens with two attached hydrogens (primary N) is 1. The predicted molar refractivity (Wildman–Crippen MR) is 75.6 cm³/mol. The molecular formula is C14H9F4N5O. The number of benzene rings is 1. The number of nitrogen functional groups attached to an aromatic ring is 1. The van der Waals surface area contributed by atoms with Gasteiger partial charge in [0.1, 0.15) is 17.9 Å². The SMILES string of the molecule is Nc1ccc(-c2ncn(-c3ccc(OC(F)(F)F)cn3)n2)cc1F. The summed E-state index contributed by atoms with van der Waals surface area (Å²) < 4.78 is 54.7. The Hall–Kier alpha value is -3.17. The Morgan fingerprint density at radius 3 is 2.50 bits per heavy atom. The maximum Gasteiger partial charge on any atom is 0.573 e. The number of ether oxygens (including phenoxy) is 1. The number of rotatable bonds is 3. The summed E-state index contributed by atoms with van der Waals surface area (Å²) in [5, 5.41) is 4.10. The van der Waals surface area contributed by atoms with Crippen LogP contribution < -0.4 is 10.5 Å². The van der Waals surface area contributed by atoms with E-state index in [0.29, 0.717) is 5.56 Å². The third kappa shape index (κ3) is 3.42. The van der Waals surface area contributed by atoms with Crippen molar-refractivity contribution in [3.8, 4) is 23.0 Å². The van der Waals surface area contributed by atoms with Crippen molar-refractivity contribution in [3.63, 3.8) is 0 Å². The molecule has 10 heteroatoms. The van der Waals surface area contributed by atoms with E-state index in [1.807, 2.05) is 0 Å². The maximum absolute atomic E-state index is 13.5. The summed E-state index contributed by atoms with van der Waals surface area (Å²) in [6.45, 7) is 0. The molecule has 0 aliphatic heterocycles. The molecule has 0 saturated carbocycles. The van der Waals surface area contributed by atoms with Gasteiger partial charge in [-0.15, -0.1) is 18.3 Å². The van der Waals surface area contributed by atoms with Gasteiger partial charge in [0.05, 0.1) is 11.9 Å². The number of hydrogen-bond donors (Lipinski definition) is 1. The molecule has 0 aliphatic carbocycles. The summed E-state index contributed by atoms with van der Waals surface area (Å²) >= 11 is 0. The topological polar surface area (TPSA) is 78.8 Å². The van der Waals surface area contributed by atoms with Crippen LogP contribution in [0.25, 0.3) is 17.2 Å². The molecule has 3 aromatic rings. The zero-order valence-corrected chi connectivity index (χ0v) is 11.8. The van der Waals surface area contributed by atoms with Crippen LogP contribution in [0.4, 0.5) is 23.2 Å². The Labute approximate surface area is 132 Å². The molecule has 6 nitrogen and oxygen atoms in total. The molecule has 0 unspecified atom stereocenters. The molecule has 0 fully saturated rings. The first kappa shape index (κ1) is 15.7. The first-order valence-corrected chi connectivity index (χ1v) is 6.51. The van der Waals surface area contributed by atoms with E-state index in [9.17, 15) is 17.6 Å². The third-order valence-electron chi connectivity index (χ3n) is 2.94. The Morgan fingerprint density at radius 2 is 1.88 bits per heavy atom. The van der Waals surface area contributed by atoms with Gasteiger partial charge in [0.25, 0.3) is 0 Å². The number of anilines is 1. The highest BCUT2D eigenvalue weighted by Crippen LogP contribution is 2.23. The van der Waals surface area contributed by atoms with Gasteiger partial charge in [0.15, 0.2) is 11.6 Å². The van der Waals surface area contributed by atoms with Crippen LogP contribution in [-0.2, 0) is 0 Å². The molecule has 24 heavy (non-hydrogen) atoms. The molecule has 2 heterocycles. The molecule has 0 saturated heterocycles. The van der Waals surface area contributed by atoms with Crippen LogP contribution in [0.5, 0.6) is 5.75 Å². The van der Waals surface area contributed by atoms with Crippen molar-refractivity contribution in [2.75, 3.05) is 5.73 Å². The minimum atomic E-state index is -4.79. The summed E-state index contributed by atoms with van der Waals surface area (Å²) in [6, 6.07) is 6.49. The highest BCUT2D eigenvalue weighted by molar-refractivity contribution is 5.59. The Bertz CT molecular complexity index is 860. The van der Waals surface area contributed by atoms with Gasteiger partial charge >= 0.3 is 6.36 Å². The van der Waals surface area contributed by atoms with E-state index in [-0.39, 0.29) is 17.3 Å². The molecule has 0 radical (unpaired) electrons. The summed E-state index contributed by atoms with van der Waals surface area (Å²) in [6.07, 6.45) is -2.58. The average Bonchev–Trinajstić information content (AvgIpc) is 2.99. The van der Waals surface area contributed by atoms with Gasteiger partial charge in [-0.3, -0.25) is 0 Å². The normalized spacial score (nSPS) is 11.5. The summed E-state index contributed by atoms with van der Waals surface area (Å²) in [5.74, 6) is -0.617. The monoisotopic (exact) mass is 339 g/mol. The van der Waals surface area contributed by atoms with E-state index < -0.39 is 17.9 Å². The number of hydrogen-bond acceptors (Lipinski definition) is 5. The second-order valence-electron chi connectivity index (χ2n) is 4.65. The van der Waals surface area contributed by atoms with Crippen molar-refractivity contribution in [3.05, 3.63) is 48.7 Å². The maximum atomic E-state index is 13.5. The number of pyridine rings is 1. The Morgan fingerprint density at radius 1 is 1.08 bits per heavy atom. The van der Waals surface area contributed by atoms with Crippen molar-refractivity contribution < 1.29 is 22.3 Å². The van der Waals surface area contributed by atoms with Crippen LogP contribution in [0.3, 0.4) is 0 Å². The number of aromatic nitrogens is 4.